The number of rotatable bonds is 4. The molecule has 16 heavy (non-hydrogen) atoms. The van der Waals surface area contributed by atoms with Gasteiger partial charge in [0.25, 0.3) is 0 Å². The Morgan fingerprint density at radius 2 is 2.06 bits per heavy atom. The molecule has 0 aliphatic carbocycles. The summed E-state index contributed by atoms with van der Waals surface area (Å²) in [6.07, 6.45) is 0.994. The Hall–Kier alpha value is -0.620. The Kier molecular flexibility index (Phi) is 4.17. The third kappa shape index (κ3) is 3.18. The Balaban J connectivity index is 1.94. The average molecular weight is 345 g/mol. The second-order valence-electron chi connectivity index (χ2n) is 3.33. The van der Waals surface area contributed by atoms with Crippen LogP contribution in [0, 0.1) is 3.57 Å². The molecule has 0 bridgehead atoms. The maximum Gasteiger partial charge on any atom is 0.131 e. The van der Waals surface area contributed by atoms with Gasteiger partial charge in [-0.3, -0.25) is 0 Å². The summed E-state index contributed by atoms with van der Waals surface area (Å²) in [7, 11) is 0. The zero-order valence-corrected chi connectivity index (χ0v) is 11.9. The van der Waals surface area contributed by atoms with Crippen LogP contribution in [0.25, 0.3) is 0 Å². The van der Waals surface area contributed by atoms with Crippen molar-refractivity contribution in [1.29, 1.82) is 0 Å². The van der Waals surface area contributed by atoms with Crippen molar-refractivity contribution in [3.05, 3.63) is 43.9 Å². The van der Waals surface area contributed by atoms with Crippen molar-refractivity contribution in [2.45, 2.75) is 20.0 Å². The van der Waals surface area contributed by atoms with Crippen LogP contribution in [0.15, 0.2) is 29.6 Å². The summed E-state index contributed by atoms with van der Waals surface area (Å²) in [6, 6.07) is 8.03. The van der Waals surface area contributed by atoms with Gasteiger partial charge < -0.3 is 4.74 Å². The molecule has 0 saturated carbocycles. The molecule has 1 aromatic carbocycles. The van der Waals surface area contributed by atoms with E-state index in [2.05, 4.69) is 39.9 Å². The molecule has 0 aliphatic heterocycles. The van der Waals surface area contributed by atoms with Crippen LogP contribution in [0.5, 0.6) is 5.75 Å². The number of thiazole rings is 1. The van der Waals surface area contributed by atoms with Crippen molar-refractivity contribution in [2.75, 3.05) is 0 Å². The first-order valence-electron chi connectivity index (χ1n) is 5.09. The lowest BCUT2D eigenvalue weighted by Crippen LogP contribution is -1.95. The fraction of sp³-hybridized carbons (Fsp3) is 0.250. The van der Waals surface area contributed by atoms with Gasteiger partial charge >= 0.3 is 0 Å². The highest BCUT2D eigenvalue weighted by molar-refractivity contribution is 14.1. The monoisotopic (exact) mass is 345 g/mol. The predicted octanol–water partition coefficient (Wildman–Crippen LogP) is 3.89. The minimum Gasteiger partial charge on any atom is -0.487 e. The van der Waals surface area contributed by atoms with Crippen molar-refractivity contribution in [2.24, 2.45) is 0 Å². The maximum atomic E-state index is 5.65. The number of aryl methyl sites for hydroxylation is 1. The highest BCUT2D eigenvalue weighted by atomic mass is 127. The van der Waals surface area contributed by atoms with E-state index in [0.717, 1.165) is 17.9 Å². The molecule has 0 atom stereocenters. The van der Waals surface area contributed by atoms with Crippen molar-refractivity contribution < 1.29 is 4.74 Å². The molecule has 2 nitrogen and oxygen atoms in total. The minimum atomic E-state index is 0.553. The van der Waals surface area contributed by atoms with Gasteiger partial charge in [-0.15, -0.1) is 11.3 Å². The quantitative estimate of drug-likeness (QED) is 0.785. The number of nitrogens with zero attached hydrogens (tertiary/aromatic N) is 1. The van der Waals surface area contributed by atoms with Crippen LogP contribution in [-0.2, 0) is 13.0 Å². The molecule has 0 fully saturated rings. The zero-order valence-electron chi connectivity index (χ0n) is 8.94. The molecule has 1 heterocycles. The zero-order chi connectivity index (χ0) is 11.4. The summed E-state index contributed by atoms with van der Waals surface area (Å²) in [4.78, 5) is 4.45. The Morgan fingerprint density at radius 3 is 2.69 bits per heavy atom. The molecule has 2 rings (SSSR count). The standard InChI is InChI=1S/C12H12INOS/c1-2-12-14-10(8-16-12)7-15-11-5-3-9(13)4-6-11/h3-6,8H,2,7H2,1H3. The molecule has 4 heteroatoms. The van der Waals surface area contributed by atoms with E-state index in [9.17, 15) is 0 Å². The van der Waals surface area contributed by atoms with Gasteiger partial charge in [-0.1, -0.05) is 6.92 Å². The first kappa shape index (κ1) is 11.9. The SMILES string of the molecule is CCc1nc(COc2ccc(I)cc2)cs1. The van der Waals surface area contributed by atoms with Crippen LogP contribution in [0.4, 0.5) is 0 Å². The Bertz CT molecular complexity index is 452. The highest BCUT2D eigenvalue weighted by Gasteiger charge is 2.01. The molecular weight excluding hydrogens is 333 g/mol. The molecule has 0 unspecified atom stereocenters. The third-order valence-electron chi connectivity index (χ3n) is 2.10. The summed E-state index contributed by atoms with van der Waals surface area (Å²) in [5.74, 6) is 0.895. The summed E-state index contributed by atoms with van der Waals surface area (Å²) in [5, 5.41) is 3.23. The fourth-order valence-electron chi connectivity index (χ4n) is 1.27. The van der Waals surface area contributed by atoms with Crippen molar-refractivity contribution in [3.8, 4) is 5.75 Å². The number of benzene rings is 1. The van der Waals surface area contributed by atoms with Crippen LogP contribution in [0.1, 0.15) is 17.6 Å². The van der Waals surface area contributed by atoms with Gasteiger partial charge in [0.2, 0.25) is 0 Å². The van der Waals surface area contributed by atoms with Crippen LogP contribution < -0.4 is 4.74 Å². The normalized spacial score (nSPS) is 10.4. The summed E-state index contributed by atoms with van der Waals surface area (Å²) in [6.45, 7) is 2.67. The summed E-state index contributed by atoms with van der Waals surface area (Å²) < 4.78 is 6.86. The molecule has 0 amide bonds. The molecular formula is C12H12INOS. The first-order chi connectivity index (χ1) is 7.78. The first-order valence-corrected chi connectivity index (χ1v) is 7.05. The second kappa shape index (κ2) is 5.63. The average Bonchev–Trinajstić information content (AvgIpc) is 2.76. The van der Waals surface area contributed by atoms with Crippen molar-refractivity contribution >= 4 is 33.9 Å². The largest absolute Gasteiger partial charge is 0.487 e. The van der Waals surface area contributed by atoms with Crippen LogP contribution in [0.2, 0.25) is 0 Å². The highest BCUT2D eigenvalue weighted by Crippen LogP contribution is 2.16. The minimum absolute atomic E-state index is 0.553. The molecule has 0 radical (unpaired) electrons. The smallest absolute Gasteiger partial charge is 0.131 e. The lowest BCUT2D eigenvalue weighted by molar-refractivity contribution is 0.302. The van der Waals surface area contributed by atoms with E-state index < -0.39 is 0 Å². The van der Waals surface area contributed by atoms with Gasteiger partial charge in [-0.25, -0.2) is 4.98 Å². The van der Waals surface area contributed by atoms with Crippen LogP contribution in [0.3, 0.4) is 0 Å². The molecule has 84 valence electrons. The van der Waals surface area contributed by atoms with E-state index in [-0.39, 0.29) is 0 Å². The second-order valence-corrected chi connectivity index (χ2v) is 5.52. The lowest BCUT2D eigenvalue weighted by atomic mass is 10.3. The Morgan fingerprint density at radius 1 is 1.31 bits per heavy atom. The van der Waals surface area contributed by atoms with E-state index in [0.29, 0.717) is 6.61 Å². The van der Waals surface area contributed by atoms with Gasteiger partial charge in [-0.05, 0) is 53.3 Å². The molecule has 0 N–H and O–H groups in total. The van der Waals surface area contributed by atoms with E-state index in [1.54, 1.807) is 11.3 Å². The molecule has 2 aromatic rings. The summed E-state index contributed by atoms with van der Waals surface area (Å²) >= 11 is 3.97. The van der Waals surface area contributed by atoms with Gasteiger partial charge in [0, 0.05) is 8.95 Å². The number of aromatic nitrogens is 1. The predicted molar refractivity (Wildman–Crippen MR) is 75.0 cm³/mol. The number of ether oxygens (including phenoxy) is 1. The fourth-order valence-corrected chi connectivity index (χ4v) is 2.35. The number of hydrogen-bond acceptors (Lipinski definition) is 3. The molecule has 0 aliphatic rings. The molecule has 0 saturated heterocycles. The maximum absolute atomic E-state index is 5.65. The molecule has 0 spiro atoms. The van der Waals surface area contributed by atoms with E-state index in [1.165, 1.54) is 8.58 Å². The topological polar surface area (TPSA) is 22.1 Å². The number of hydrogen-bond donors (Lipinski definition) is 0. The number of halogens is 1. The van der Waals surface area contributed by atoms with Gasteiger partial charge in [-0.2, -0.15) is 0 Å². The van der Waals surface area contributed by atoms with E-state index in [1.807, 2.05) is 24.3 Å². The van der Waals surface area contributed by atoms with Gasteiger partial charge in [0.05, 0.1) is 10.7 Å². The third-order valence-corrected chi connectivity index (χ3v) is 3.86. The molecule has 1 aromatic heterocycles. The van der Waals surface area contributed by atoms with Crippen LogP contribution >= 0.6 is 33.9 Å². The van der Waals surface area contributed by atoms with Crippen molar-refractivity contribution in [3.63, 3.8) is 0 Å². The lowest BCUT2D eigenvalue weighted by Gasteiger charge is -2.03. The van der Waals surface area contributed by atoms with E-state index in [4.69, 9.17) is 4.74 Å². The van der Waals surface area contributed by atoms with Crippen molar-refractivity contribution in [1.82, 2.24) is 4.98 Å². The summed E-state index contributed by atoms with van der Waals surface area (Å²) in [5.41, 5.74) is 1.01. The van der Waals surface area contributed by atoms with Gasteiger partial charge in [0.15, 0.2) is 0 Å². The van der Waals surface area contributed by atoms with Crippen LogP contribution in [-0.4, -0.2) is 4.98 Å². The Labute approximate surface area is 113 Å². The van der Waals surface area contributed by atoms with E-state index >= 15 is 0 Å². The van der Waals surface area contributed by atoms with Gasteiger partial charge in [0.1, 0.15) is 12.4 Å².